The number of anilines is 2. The summed E-state index contributed by atoms with van der Waals surface area (Å²) in [4.78, 5) is 17.4. The van der Waals surface area contributed by atoms with Crippen LogP contribution in [0.15, 0.2) is 23.6 Å². The van der Waals surface area contributed by atoms with Gasteiger partial charge in [0.1, 0.15) is 0 Å². The lowest BCUT2D eigenvalue weighted by Crippen LogP contribution is -2.27. The Balaban J connectivity index is 2.02. The van der Waals surface area contributed by atoms with Crippen LogP contribution in [0.1, 0.15) is 19.5 Å². The maximum absolute atomic E-state index is 13.2. The standard InChI is InChI=1S/C14H16FN3O2S/c1-3-18(9(2)19)14-17-11(8-21-14)7-16-10-4-5-13(20)12(15)6-10/h4-6,8,16,20H,3,7H2,1-2H3. The molecule has 1 aromatic carbocycles. The number of carbonyl (C=O) groups excluding carboxylic acids is 1. The number of rotatable bonds is 5. The van der Waals surface area contributed by atoms with E-state index >= 15 is 0 Å². The monoisotopic (exact) mass is 309 g/mol. The largest absolute Gasteiger partial charge is 0.505 e. The van der Waals surface area contributed by atoms with Gasteiger partial charge in [-0.25, -0.2) is 9.37 Å². The normalized spacial score (nSPS) is 10.4. The maximum Gasteiger partial charge on any atom is 0.225 e. The lowest BCUT2D eigenvalue weighted by molar-refractivity contribution is -0.116. The zero-order valence-corrected chi connectivity index (χ0v) is 12.6. The highest BCUT2D eigenvalue weighted by Crippen LogP contribution is 2.23. The van der Waals surface area contributed by atoms with Gasteiger partial charge in [-0.3, -0.25) is 9.69 Å². The van der Waals surface area contributed by atoms with Crippen molar-refractivity contribution >= 4 is 28.1 Å². The summed E-state index contributed by atoms with van der Waals surface area (Å²) in [5.74, 6) is -1.10. The molecule has 0 bridgehead atoms. The molecule has 2 rings (SSSR count). The Morgan fingerprint density at radius 2 is 2.29 bits per heavy atom. The van der Waals surface area contributed by atoms with E-state index in [1.165, 1.54) is 30.4 Å². The van der Waals surface area contributed by atoms with Crippen molar-refractivity contribution in [2.24, 2.45) is 0 Å². The number of thiazole rings is 1. The van der Waals surface area contributed by atoms with Crippen LogP contribution in [-0.2, 0) is 11.3 Å². The quantitative estimate of drug-likeness (QED) is 0.833. The molecule has 0 radical (unpaired) electrons. The molecule has 1 amide bonds. The molecule has 0 atom stereocenters. The van der Waals surface area contributed by atoms with E-state index in [2.05, 4.69) is 10.3 Å². The number of aromatic hydroxyl groups is 1. The molecule has 7 heteroatoms. The van der Waals surface area contributed by atoms with Gasteiger partial charge in [0.2, 0.25) is 5.91 Å². The smallest absolute Gasteiger partial charge is 0.225 e. The third-order valence-corrected chi connectivity index (χ3v) is 3.80. The number of nitrogens with one attached hydrogen (secondary N) is 1. The summed E-state index contributed by atoms with van der Waals surface area (Å²) in [6.45, 7) is 4.37. The third kappa shape index (κ3) is 3.69. The molecule has 1 aromatic heterocycles. The minimum absolute atomic E-state index is 0.0491. The average Bonchev–Trinajstić information content (AvgIpc) is 2.89. The number of amides is 1. The molecular weight excluding hydrogens is 293 g/mol. The molecule has 0 spiro atoms. The molecule has 0 saturated carbocycles. The molecule has 0 aliphatic heterocycles. The van der Waals surface area contributed by atoms with Crippen molar-refractivity contribution in [1.82, 2.24) is 4.98 Å². The van der Waals surface area contributed by atoms with Crippen molar-refractivity contribution in [1.29, 1.82) is 0 Å². The summed E-state index contributed by atoms with van der Waals surface area (Å²) in [6, 6.07) is 4.09. The Morgan fingerprint density at radius 1 is 1.52 bits per heavy atom. The first-order chi connectivity index (χ1) is 10.0. The van der Waals surface area contributed by atoms with Crippen LogP contribution in [-0.4, -0.2) is 22.5 Å². The number of carbonyl (C=O) groups is 1. The van der Waals surface area contributed by atoms with Gasteiger partial charge >= 0.3 is 0 Å². The number of hydrogen-bond donors (Lipinski definition) is 2. The SMILES string of the molecule is CCN(C(C)=O)c1nc(CNc2ccc(O)c(F)c2)cs1. The van der Waals surface area contributed by atoms with Gasteiger partial charge in [-0.2, -0.15) is 0 Å². The van der Waals surface area contributed by atoms with Gasteiger partial charge in [-0.15, -0.1) is 11.3 Å². The van der Waals surface area contributed by atoms with Crippen LogP contribution in [0.2, 0.25) is 0 Å². The molecule has 112 valence electrons. The lowest BCUT2D eigenvalue weighted by atomic mass is 10.3. The number of phenols is 1. The predicted molar refractivity (Wildman–Crippen MR) is 81.2 cm³/mol. The van der Waals surface area contributed by atoms with Crippen LogP contribution in [0.4, 0.5) is 15.2 Å². The fraction of sp³-hybridized carbons (Fsp3) is 0.286. The Bertz CT molecular complexity index is 645. The van der Waals surface area contributed by atoms with Crippen molar-refractivity contribution in [2.75, 3.05) is 16.8 Å². The van der Waals surface area contributed by atoms with Crippen molar-refractivity contribution in [3.8, 4) is 5.75 Å². The molecule has 0 fully saturated rings. The molecule has 21 heavy (non-hydrogen) atoms. The minimum Gasteiger partial charge on any atom is -0.505 e. The second-order valence-electron chi connectivity index (χ2n) is 4.40. The van der Waals surface area contributed by atoms with Gasteiger partial charge in [-0.05, 0) is 19.1 Å². The lowest BCUT2D eigenvalue weighted by Gasteiger charge is -2.14. The van der Waals surface area contributed by atoms with Crippen LogP contribution < -0.4 is 10.2 Å². The van der Waals surface area contributed by atoms with E-state index in [1.54, 1.807) is 11.0 Å². The summed E-state index contributed by atoms with van der Waals surface area (Å²) in [6.07, 6.45) is 0. The molecule has 5 nitrogen and oxygen atoms in total. The minimum atomic E-state index is -0.673. The zero-order chi connectivity index (χ0) is 15.4. The molecular formula is C14H16FN3O2S. The fourth-order valence-electron chi connectivity index (χ4n) is 1.80. The molecule has 0 aliphatic rings. The van der Waals surface area contributed by atoms with Crippen LogP contribution in [0.5, 0.6) is 5.75 Å². The Morgan fingerprint density at radius 3 is 2.90 bits per heavy atom. The Labute approximate surface area is 126 Å². The van der Waals surface area contributed by atoms with Crippen molar-refractivity contribution in [3.05, 3.63) is 35.1 Å². The first kappa shape index (κ1) is 15.2. The predicted octanol–water partition coefficient (Wildman–Crippen LogP) is 2.97. The topological polar surface area (TPSA) is 65.5 Å². The first-order valence-electron chi connectivity index (χ1n) is 6.46. The molecule has 0 aliphatic carbocycles. The number of halogens is 1. The Kier molecular flexibility index (Phi) is 4.74. The second kappa shape index (κ2) is 6.53. The van der Waals surface area contributed by atoms with Gasteiger partial charge in [-0.1, -0.05) is 0 Å². The highest BCUT2D eigenvalue weighted by atomic mass is 32.1. The van der Waals surface area contributed by atoms with E-state index in [9.17, 15) is 9.18 Å². The summed E-state index contributed by atoms with van der Waals surface area (Å²) in [5.41, 5.74) is 1.32. The van der Waals surface area contributed by atoms with Crippen LogP contribution in [0.25, 0.3) is 0 Å². The summed E-state index contributed by atoms with van der Waals surface area (Å²) in [5, 5.41) is 14.6. The number of phenolic OH excluding ortho intramolecular Hbond substituents is 1. The van der Waals surface area contributed by atoms with Crippen LogP contribution in [0, 0.1) is 5.82 Å². The van der Waals surface area contributed by atoms with Gasteiger partial charge in [0.15, 0.2) is 16.7 Å². The maximum atomic E-state index is 13.2. The number of nitrogens with zero attached hydrogens (tertiary/aromatic N) is 2. The van der Waals surface area contributed by atoms with E-state index in [0.29, 0.717) is 23.9 Å². The summed E-state index contributed by atoms with van der Waals surface area (Å²) in [7, 11) is 0. The van der Waals surface area contributed by atoms with Crippen molar-refractivity contribution in [3.63, 3.8) is 0 Å². The van der Waals surface area contributed by atoms with Crippen LogP contribution >= 0.6 is 11.3 Å². The van der Waals surface area contributed by atoms with Gasteiger partial charge in [0.05, 0.1) is 12.2 Å². The van der Waals surface area contributed by atoms with Gasteiger partial charge < -0.3 is 10.4 Å². The molecule has 0 unspecified atom stereocenters. The van der Waals surface area contributed by atoms with Gasteiger partial charge in [0.25, 0.3) is 0 Å². The molecule has 2 N–H and O–H groups in total. The zero-order valence-electron chi connectivity index (χ0n) is 11.8. The Hall–Kier alpha value is -2.15. The van der Waals surface area contributed by atoms with Gasteiger partial charge in [0, 0.05) is 30.6 Å². The van der Waals surface area contributed by atoms with E-state index in [0.717, 1.165) is 5.69 Å². The third-order valence-electron chi connectivity index (χ3n) is 2.89. The van der Waals surface area contributed by atoms with E-state index < -0.39 is 5.82 Å². The van der Waals surface area contributed by atoms with Crippen molar-refractivity contribution < 1.29 is 14.3 Å². The fourth-order valence-corrected chi connectivity index (χ4v) is 2.74. The molecule has 1 heterocycles. The molecule has 0 saturated heterocycles. The summed E-state index contributed by atoms with van der Waals surface area (Å²) < 4.78 is 13.2. The average molecular weight is 309 g/mol. The summed E-state index contributed by atoms with van der Waals surface area (Å²) >= 11 is 1.39. The van der Waals surface area contributed by atoms with Crippen LogP contribution in [0.3, 0.4) is 0 Å². The highest BCUT2D eigenvalue weighted by molar-refractivity contribution is 7.14. The highest BCUT2D eigenvalue weighted by Gasteiger charge is 2.13. The van der Waals surface area contributed by atoms with Crippen molar-refractivity contribution in [2.45, 2.75) is 20.4 Å². The number of aromatic nitrogens is 1. The number of benzene rings is 1. The first-order valence-corrected chi connectivity index (χ1v) is 7.34. The number of hydrogen-bond acceptors (Lipinski definition) is 5. The van der Waals surface area contributed by atoms with E-state index in [1.807, 2.05) is 12.3 Å². The van der Waals surface area contributed by atoms with E-state index in [-0.39, 0.29) is 11.7 Å². The second-order valence-corrected chi connectivity index (χ2v) is 5.24. The molecule has 2 aromatic rings. The van der Waals surface area contributed by atoms with E-state index in [4.69, 9.17) is 5.11 Å².